The largest absolute Gasteiger partial charge is 0.478 e. The van der Waals surface area contributed by atoms with Crippen LogP contribution in [-0.4, -0.2) is 39.5 Å². The first-order valence-corrected chi connectivity index (χ1v) is 11.3. The molecule has 1 atom stereocenters. The molecule has 1 aliphatic carbocycles. The van der Waals surface area contributed by atoms with E-state index in [1.54, 1.807) is 36.2 Å². The lowest BCUT2D eigenvalue weighted by molar-refractivity contribution is -0.212. The number of alkyl halides is 2. The zero-order valence-corrected chi connectivity index (χ0v) is 19.2. The maximum atomic E-state index is 14.1. The fourth-order valence-electron chi connectivity index (χ4n) is 5.11. The van der Waals surface area contributed by atoms with Gasteiger partial charge in [-0.05, 0) is 51.0 Å². The van der Waals surface area contributed by atoms with Crippen molar-refractivity contribution in [3.05, 3.63) is 69.1 Å². The highest BCUT2D eigenvalue weighted by molar-refractivity contribution is 5.94. The van der Waals surface area contributed by atoms with Gasteiger partial charge in [-0.15, -0.1) is 0 Å². The molecular formula is C25H26F2N4O3. The highest BCUT2D eigenvalue weighted by Gasteiger charge is 2.67. The van der Waals surface area contributed by atoms with E-state index in [1.165, 1.54) is 10.5 Å². The first-order valence-electron chi connectivity index (χ1n) is 11.3. The van der Waals surface area contributed by atoms with Gasteiger partial charge in [-0.25, -0.2) is 18.6 Å². The van der Waals surface area contributed by atoms with Crippen molar-refractivity contribution in [1.82, 2.24) is 9.38 Å². The van der Waals surface area contributed by atoms with Crippen LogP contribution in [0.25, 0.3) is 5.65 Å². The average Bonchev–Trinajstić information content (AvgIpc) is 2.75. The number of para-hydroxylation sites is 1. The van der Waals surface area contributed by atoms with Crippen molar-refractivity contribution in [2.45, 2.75) is 45.6 Å². The minimum absolute atomic E-state index is 0.0853. The maximum Gasteiger partial charge on any atom is 0.337 e. The Bertz CT molecular complexity index is 1380. The molecule has 1 saturated carbocycles. The third kappa shape index (κ3) is 3.25. The van der Waals surface area contributed by atoms with Gasteiger partial charge in [-0.1, -0.05) is 12.1 Å². The Labute approximate surface area is 195 Å². The molecule has 1 spiro atoms. The van der Waals surface area contributed by atoms with Crippen molar-refractivity contribution in [3.8, 4) is 0 Å². The molecule has 7 nitrogen and oxygen atoms in total. The van der Waals surface area contributed by atoms with Gasteiger partial charge in [0, 0.05) is 37.0 Å². The molecule has 1 aromatic carbocycles. The monoisotopic (exact) mass is 468 g/mol. The maximum absolute atomic E-state index is 14.1. The summed E-state index contributed by atoms with van der Waals surface area (Å²) < 4.78 is 29.7. The molecule has 34 heavy (non-hydrogen) atoms. The van der Waals surface area contributed by atoms with Crippen LogP contribution in [0.5, 0.6) is 0 Å². The van der Waals surface area contributed by atoms with Gasteiger partial charge in [0.25, 0.3) is 11.5 Å². The summed E-state index contributed by atoms with van der Waals surface area (Å²) in [6.07, 6.45) is 2.11. The van der Waals surface area contributed by atoms with E-state index in [1.807, 2.05) is 19.9 Å². The van der Waals surface area contributed by atoms with Crippen LogP contribution < -0.4 is 15.8 Å². The van der Waals surface area contributed by atoms with Crippen LogP contribution in [0.2, 0.25) is 0 Å². The van der Waals surface area contributed by atoms with Crippen LogP contribution in [-0.2, 0) is 0 Å². The molecule has 0 amide bonds. The summed E-state index contributed by atoms with van der Waals surface area (Å²) in [7, 11) is 0. The highest BCUT2D eigenvalue weighted by atomic mass is 19.3. The molecule has 0 bridgehead atoms. The van der Waals surface area contributed by atoms with E-state index in [-0.39, 0.29) is 36.7 Å². The summed E-state index contributed by atoms with van der Waals surface area (Å²) in [5.41, 5.74) is 1.74. The third-order valence-corrected chi connectivity index (χ3v) is 7.27. The summed E-state index contributed by atoms with van der Waals surface area (Å²) in [5.74, 6) is -3.28. The molecule has 2 N–H and O–H groups in total. The van der Waals surface area contributed by atoms with E-state index in [0.29, 0.717) is 34.7 Å². The summed E-state index contributed by atoms with van der Waals surface area (Å²) >= 11 is 0. The molecule has 2 aromatic heterocycles. The number of hydrogen-bond donors (Lipinski definition) is 2. The Hall–Kier alpha value is -3.49. The van der Waals surface area contributed by atoms with Crippen molar-refractivity contribution in [3.63, 3.8) is 0 Å². The second-order valence-electron chi connectivity index (χ2n) is 9.59. The zero-order valence-electron chi connectivity index (χ0n) is 19.2. The standard InChI is InChI=1S/C25H26F2N4O3/c1-14-10-18(16(3)28-19-7-5-4-6-17(19)23(33)34)21-29-20(15(2)22(32)31(21)11-14)30-12-24(13-30)8-9-25(24,26)27/h4-7,10-11,16,28H,8-9,12-13H2,1-3H3,(H,33,34). The number of benzene rings is 1. The smallest absolute Gasteiger partial charge is 0.337 e. The van der Waals surface area contributed by atoms with Crippen molar-refractivity contribution in [1.29, 1.82) is 0 Å². The molecule has 2 aliphatic rings. The van der Waals surface area contributed by atoms with Gasteiger partial charge in [0.2, 0.25) is 0 Å². The summed E-state index contributed by atoms with van der Waals surface area (Å²) in [6.45, 7) is 5.78. The molecule has 3 aromatic rings. The van der Waals surface area contributed by atoms with Gasteiger partial charge in [0.05, 0.1) is 22.6 Å². The number of hydrogen-bond acceptors (Lipinski definition) is 5. The normalized spacial score (nSPS) is 18.9. The van der Waals surface area contributed by atoms with E-state index in [2.05, 4.69) is 5.32 Å². The van der Waals surface area contributed by atoms with Crippen LogP contribution in [0, 0.1) is 19.3 Å². The van der Waals surface area contributed by atoms with Crippen molar-refractivity contribution < 1.29 is 18.7 Å². The fraction of sp³-hybridized carbons (Fsp3) is 0.400. The predicted molar refractivity (Wildman–Crippen MR) is 125 cm³/mol. The summed E-state index contributed by atoms with van der Waals surface area (Å²) in [4.78, 5) is 31.4. The molecule has 2 fully saturated rings. The van der Waals surface area contributed by atoms with E-state index in [4.69, 9.17) is 4.98 Å². The molecule has 0 radical (unpaired) electrons. The third-order valence-electron chi connectivity index (χ3n) is 7.27. The van der Waals surface area contributed by atoms with Crippen LogP contribution in [0.15, 0.2) is 41.3 Å². The average molecular weight is 469 g/mol. The first-order chi connectivity index (χ1) is 16.0. The lowest BCUT2D eigenvalue weighted by Gasteiger charge is -2.60. The number of carbonyl (C=O) groups is 1. The first kappa shape index (κ1) is 22.3. The number of aromatic nitrogens is 2. The van der Waals surface area contributed by atoms with E-state index in [0.717, 1.165) is 5.56 Å². The Morgan fingerprint density at radius 3 is 2.53 bits per heavy atom. The number of carboxylic acids is 1. The number of halogens is 2. The highest BCUT2D eigenvalue weighted by Crippen LogP contribution is 2.59. The topological polar surface area (TPSA) is 86.9 Å². The number of nitrogens with zero attached hydrogens (tertiary/aromatic N) is 3. The second kappa shape index (κ2) is 7.51. The predicted octanol–water partition coefficient (Wildman–Crippen LogP) is 4.42. The number of aryl methyl sites for hydroxylation is 1. The number of aromatic carboxylic acids is 1. The Morgan fingerprint density at radius 2 is 1.91 bits per heavy atom. The van der Waals surface area contributed by atoms with E-state index >= 15 is 0 Å². The molecule has 5 rings (SSSR count). The lowest BCUT2D eigenvalue weighted by atomic mass is 9.60. The Kier molecular flexibility index (Phi) is 4.93. The van der Waals surface area contributed by atoms with Crippen molar-refractivity contribution in [2.24, 2.45) is 5.41 Å². The number of fused-ring (bicyclic) bond motifs is 1. The van der Waals surface area contributed by atoms with Gasteiger partial charge in [0.1, 0.15) is 11.5 Å². The van der Waals surface area contributed by atoms with Gasteiger partial charge >= 0.3 is 5.97 Å². The molecule has 1 aliphatic heterocycles. The Balaban J connectivity index is 1.55. The quantitative estimate of drug-likeness (QED) is 0.577. The van der Waals surface area contributed by atoms with Crippen LogP contribution in [0.1, 0.15) is 52.9 Å². The number of anilines is 2. The van der Waals surface area contributed by atoms with Crippen LogP contribution >= 0.6 is 0 Å². The molecular weight excluding hydrogens is 442 g/mol. The Morgan fingerprint density at radius 1 is 1.21 bits per heavy atom. The van der Waals surface area contributed by atoms with Gasteiger partial charge < -0.3 is 15.3 Å². The number of carboxylic acid groups (broad SMARTS) is 1. The zero-order chi connectivity index (χ0) is 24.4. The summed E-state index contributed by atoms with van der Waals surface area (Å²) in [6, 6.07) is 8.13. The van der Waals surface area contributed by atoms with Crippen LogP contribution in [0.3, 0.4) is 0 Å². The van der Waals surface area contributed by atoms with Crippen LogP contribution in [0.4, 0.5) is 20.3 Å². The summed E-state index contributed by atoms with van der Waals surface area (Å²) in [5, 5.41) is 12.7. The van der Waals surface area contributed by atoms with Gasteiger partial charge in [0.15, 0.2) is 0 Å². The minimum Gasteiger partial charge on any atom is -0.478 e. The molecule has 178 valence electrons. The minimum atomic E-state index is -2.67. The fourth-order valence-corrected chi connectivity index (χ4v) is 5.11. The lowest BCUT2D eigenvalue weighted by Crippen LogP contribution is -2.70. The van der Waals surface area contributed by atoms with Gasteiger partial charge in [-0.2, -0.15) is 0 Å². The molecule has 1 saturated heterocycles. The number of rotatable bonds is 5. The SMILES string of the molecule is Cc1cc(C(C)Nc2ccccc2C(=O)O)c2nc(N3CC4(CCC4(F)F)C3)c(C)c(=O)n2c1. The molecule has 9 heteroatoms. The van der Waals surface area contributed by atoms with Gasteiger partial charge in [-0.3, -0.25) is 9.20 Å². The van der Waals surface area contributed by atoms with E-state index < -0.39 is 17.3 Å². The molecule has 1 unspecified atom stereocenters. The number of pyridine rings is 1. The van der Waals surface area contributed by atoms with E-state index in [9.17, 15) is 23.5 Å². The second-order valence-corrected chi connectivity index (χ2v) is 9.59. The molecule has 3 heterocycles. The van der Waals surface area contributed by atoms with Crippen molar-refractivity contribution in [2.75, 3.05) is 23.3 Å². The number of nitrogens with one attached hydrogen (secondary N) is 1. The van der Waals surface area contributed by atoms with Crippen molar-refractivity contribution >= 4 is 23.1 Å².